The maximum atomic E-state index is 12.5. The highest BCUT2D eigenvalue weighted by molar-refractivity contribution is 5.74. The molecular weight excluding hydrogens is 314 g/mol. The Kier molecular flexibility index (Phi) is 4.75. The summed E-state index contributed by atoms with van der Waals surface area (Å²) in [6.45, 7) is 7.82. The van der Waals surface area contributed by atoms with Gasteiger partial charge in [0.2, 0.25) is 5.82 Å². The summed E-state index contributed by atoms with van der Waals surface area (Å²) in [5.41, 5.74) is 2.14. The smallest absolute Gasteiger partial charge is 0.320 e. The summed E-state index contributed by atoms with van der Waals surface area (Å²) in [4.78, 5) is 16.0. The molecule has 6 heteroatoms. The maximum absolute atomic E-state index is 12.5. The van der Waals surface area contributed by atoms with Crippen LogP contribution < -0.4 is 0 Å². The molecule has 2 aromatic rings. The Hall–Kier alpha value is -2.81. The van der Waals surface area contributed by atoms with Crippen LogP contribution in [0.5, 0.6) is 0 Å². The molecule has 0 bridgehead atoms. The van der Waals surface area contributed by atoms with Gasteiger partial charge in [-0.3, -0.25) is 0 Å². The van der Waals surface area contributed by atoms with Gasteiger partial charge in [-0.25, -0.2) is 4.79 Å². The normalized spacial score (nSPS) is 13.2. The van der Waals surface area contributed by atoms with Crippen molar-refractivity contribution in [1.82, 2.24) is 24.6 Å². The average Bonchev–Trinajstić information content (AvgIpc) is 3.01. The van der Waals surface area contributed by atoms with Gasteiger partial charge in [0.25, 0.3) is 0 Å². The second-order valence-electron chi connectivity index (χ2n) is 6.62. The molecule has 1 aliphatic heterocycles. The van der Waals surface area contributed by atoms with Gasteiger partial charge in [0, 0.05) is 31.7 Å². The van der Waals surface area contributed by atoms with Crippen LogP contribution in [-0.2, 0) is 13.1 Å². The lowest BCUT2D eigenvalue weighted by Gasteiger charge is -2.32. The fourth-order valence-electron chi connectivity index (χ4n) is 2.71. The van der Waals surface area contributed by atoms with Crippen LogP contribution in [0.1, 0.15) is 36.6 Å². The number of amides is 2. The van der Waals surface area contributed by atoms with E-state index in [9.17, 15) is 4.79 Å². The second kappa shape index (κ2) is 6.98. The Morgan fingerprint density at radius 3 is 2.76 bits per heavy atom. The Labute approximate surface area is 148 Å². The fourth-order valence-corrected chi connectivity index (χ4v) is 2.71. The van der Waals surface area contributed by atoms with Crippen molar-refractivity contribution in [3.8, 4) is 11.8 Å². The molecule has 0 N–H and O–H groups in total. The Morgan fingerprint density at radius 2 is 2.04 bits per heavy atom. The van der Waals surface area contributed by atoms with E-state index in [0.29, 0.717) is 25.5 Å². The van der Waals surface area contributed by atoms with Crippen molar-refractivity contribution in [2.75, 3.05) is 13.6 Å². The first-order valence-corrected chi connectivity index (χ1v) is 8.48. The number of hydrogen-bond donors (Lipinski definition) is 0. The van der Waals surface area contributed by atoms with Gasteiger partial charge in [-0.2, -0.15) is 0 Å². The van der Waals surface area contributed by atoms with Gasteiger partial charge in [-0.15, -0.1) is 10.2 Å². The van der Waals surface area contributed by atoms with Gasteiger partial charge < -0.3 is 14.4 Å². The van der Waals surface area contributed by atoms with Gasteiger partial charge >= 0.3 is 6.03 Å². The second-order valence-corrected chi connectivity index (χ2v) is 6.62. The van der Waals surface area contributed by atoms with E-state index in [4.69, 9.17) is 0 Å². The van der Waals surface area contributed by atoms with Crippen LogP contribution in [0.25, 0.3) is 0 Å². The van der Waals surface area contributed by atoms with Gasteiger partial charge in [-0.05, 0) is 44.4 Å². The lowest BCUT2D eigenvalue weighted by molar-refractivity contribution is 0.139. The molecule has 0 saturated carbocycles. The minimum atomic E-state index is 0.0247. The molecule has 0 fully saturated rings. The number of hydrogen-bond acceptors (Lipinski definition) is 3. The first kappa shape index (κ1) is 17.0. The summed E-state index contributed by atoms with van der Waals surface area (Å²) in [6, 6.07) is 8.26. The molecule has 2 amide bonds. The largest absolute Gasteiger partial charge is 0.325 e. The number of rotatable bonds is 1. The monoisotopic (exact) mass is 337 g/mol. The Balaban J connectivity index is 1.76. The Morgan fingerprint density at radius 1 is 1.24 bits per heavy atom. The van der Waals surface area contributed by atoms with Gasteiger partial charge in [0.1, 0.15) is 0 Å². The predicted molar refractivity (Wildman–Crippen MR) is 95.9 cm³/mol. The molecule has 0 radical (unpaired) electrons. The van der Waals surface area contributed by atoms with Crippen molar-refractivity contribution >= 4 is 6.03 Å². The van der Waals surface area contributed by atoms with E-state index in [0.717, 1.165) is 11.4 Å². The summed E-state index contributed by atoms with van der Waals surface area (Å²) in [5, 5.41) is 8.42. The van der Waals surface area contributed by atoms with E-state index < -0.39 is 0 Å². The van der Waals surface area contributed by atoms with Crippen LogP contribution in [0.3, 0.4) is 0 Å². The van der Waals surface area contributed by atoms with Crippen LogP contribution in [-0.4, -0.2) is 50.2 Å². The molecule has 130 valence electrons. The van der Waals surface area contributed by atoms with Crippen LogP contribution in [0.4, 0.5) is 4.79 Å². The molecule has 1 aromatic carbocycles. The van der Waals surface area contributed by atoms with Crippen molar-refractivity contribution in [3.63, 3.8) is 0 Å². The number of carbonyl (C=O) groups is 1. The van der Waals surface area contributed by atoms with Crippen molar-refractivity contribution in [2.45, 2.75) is 39.9 Å². The molecule has 1 aromatic heterocycles. The average molecular weight is 337 g/mol. The number of aromatic nitrogens is 3. The summed E-state index contributed by atoms with van der Waals surface area (Å²) in [6.07, 6.45) is 0. The number of fused-ring (bicyclic) bond motifs is 1. The highest BCUT2D eigenvalue weighted by Gasteiger charge is 2.26. The SMILES string of the molecule is Cc1cccc(C#Cc2nnc3n2CCN(C(=O)N(C)C(C)C)C3)c1. The van der Waals surface area contributed by atoms with Gasteiger partial charge in [0.05, 0.1) is 6.54 Å². The van der Waals surface area contributed by atoms with E-state index in [2.05, 4.69) is 22.0 Å². The summed E-state index contributed by atoms with van der Waals surface area (Å²) < 4.78 is 2.00. The van der Waals surface area contributed by atoms with Gasteiger partial charge in [0.15, 0.2) is 5.82 Å². The molecule has 25 heavy (non-hydrogen) atoms. The molecule has 0 spiro atoms. The summed E-state index contributed by atoms with van der Waals surface area (Å²) >= 11 is 0. The third-order valence-electron chi connectivity index (χ3n) is 4.44. The zero-order valence-electron chi connectivity index (χ0n) is 15.2. The molecule has 0 saturated heterocycles. The summed E-state index contributed by atoms with van der Waals surface area (Å²) in [5.74, 6) is 7.69. The highest BCUT2D eigenvalue weighted by Crippen LogP contribution is 2.14. The molecule has 0 unspecified atom stereocenters. The van der Waals surface area contributed by atoms with E-state index in [1.54, 1.807) is 4.90 Å². The quantitative estimate of drug-likeness (QED) is 0.750. The standard InChI is InChI=1S/C19H23N5O/c1-14(2)22(4)19(25)23-10-11-24-17(20-21-18(24)13-23)9-8-16-7-5-6-15(3)12-16/h5-7,12,14H,10-11,13H2,1-4H3. The van der Waals surface area contributed by atoms with Crippen molar-refractivity contribution in [3.05, 3.63) is 47.0 Å². The molecule has 2 heterocycles. The number of aryl methyl sites for hydroxylation is 1. The van der Waals surface area contributed by atoms with E-state index in [1.807, 2.05) is 61.6 Å². The molecule has 3 rings (SSSR count). The third-order valence-corrected chi connectivity index (χ3v) is 4.44. The zero-order chi connectivity index (χ0) is 18.0. The third kappa shape index (κ3) is 3.66. The molecule has 6 nitrogen and oxygen atoms in total. The fraction of sp³-hybridized carbons (Fsp3) is 0.421. The van der Waals surface area contributed by atoms with Crippen LogP contribution in [0.15, 0.2) is 24.3 Å². The summed E-state index contributed by atoms with van der Waals surface area (Å²) in [7, 11) is 1.82. The minimum Gasteiger partial charge on any atom is -0.325 e. The molecule has 0 atom stereocenters. The first-order valence-electron chi connectivity index (χ1n) is 8.48. The lowest BCUT2D eigenvalue weighted by atomic mass is 10.1. The number of carbonyl (C=O) groups excluding carboxylic acids is 1. The van der Waals surface area contributed by atoms with E-state index in [-0.39, 0.29) is 12.1 Å². The lowest BCUT2D eigenvalue weighted by Crippen LogP contribution is -2.47. The maximum Gasteiger partial charge on any atom is 0.320 e. The molecule has 0 aliphatic carbocycles. The van der Waals surface area contributed by atoms with Crippen molar-refractivity contribution in [1.29, 1.82) is 0 Å². The molecular formula is C19H23N5O. The first-order chi connectivity index (χ1) is 12.0. The Bertz CT molecular complexity index is 843. The van der Waals surface area contributed by atoms with Crippen LogP contribution in [0.2, 0.25) is 0 Å². The zero-order valence-corrected chi connectivity index (χ0v) is 15.2. The number of urea groups is 1. The highest BCUT2D eigenvalue weighted by atomic mass is 16.2. The predicted octanol–water partition coefficient (Wildman–Crippen LogP) is 2.26. The van der Waals surface area contributed by atoms with Gasteiger partial charge in [-0.1, -0.05) is 18.1 Å². The van der Waals surface area contributed by atoms with E-state index in [1.165, 1.54) is 5.56 Å². The molecule has 1 aliphatic rings. The van der Waals surface area contributed by atoms with Crippen LogP contribution in [0, 0.1) is 18.8 Å². The van der Waals surface area contributed by atoms with E-state index >= 15 is 0 Å². The number of nitrogens with zero attached hydrogens (tertiary/aromatic N) is 5. The topological polar surface area (TPSA) is 54.3 Å². The number of benzene rings is 1. The van der Waals surface area contributed by atoms with Crippen LogP contribution >= 0.6 is 0 Å². The van der Waals surface area contributed by atoms with Crippen molar-refractivity contribution in [2.24, 2.45) is 0 Å². The minimum absolute atomic E-state index is 0.0247. The van der Waals surface area contributed by atoms with Crippen molar-refractivity contribution < 1.29 is 4.79 Å².